The third kappa shape index (κ3) is 3.06. The fourth-order valence-corrected chi connectivity index (χ4v) is 2.86. The first-order chi connectivity index (χ1) is 12.6. The third-order valence-electron chi connectivity index (χ3n) is 4.16. The maximum atomic E-state index is 12.4. The minimum Gasteiger partial charge on any atom is -0.349 e. The molecule has 0 fully saturated rings. The molecule has 0 atom stereocenters. The van der Waals surface area contributed by atoms with E-state index in [2.05, 4.69) is 15.3 Å². The number of carbonyl (C=O) groups is 1. The van der Waals surface area contributed by atoms with E-state index in [9.17, 15) is 9.59 Å². The number of hydrogen-bond donors (Lipinski definition) is 1. The van der Waals surface area contributed by atoms with Gasteiger partial charge in [-0.1, -0.05) is 18.2 Å². The van der Waals surface area contributed by atoms with Gasteiger partial charge in [-0.25, -0.2) is 9.97 Å². The number of nitrogens with one attached hydrogen (secondary N) is 1. The second-order valence-corrected chi connectivity index (χ2v) is 6.18. The van der Waals surface area contributed by atoms with Crippen LogP contribution in [0.4, 0.5) is 0 Å². The molecule has 3 heterocycles. The van der Waals surface area contributed by atoms with E-state index in [4.69, 9.17) is 0 Å². The molecule has 0 saturated heterocycles. The molecule has 26 heavy (non-hydrogen) atoms. The lowest BCUT2D eigenvalue weighted by Crippen LogP contribution is -2.32. The van der Waals surface area contributed by atoms with Crippen molar-refractivity contribution in [2.75, 3.05) is 0 Å². The number of para-hydroxylation sites is 1. The minimum absolute atomic E-state index is 0.0802. The van der Waals surface area contributed by atoms with Crippen LogP contribution in [0.2, 0.25) is 0 Å². The summed E-state index contributed by atoms with van der Waals surface area (Å²) in [6, 6.07) is 11.0. The average molecular weight is 347 g/mol. The summed E-state index contributed by atoms with van der Waals surface area (Å²) in [6.07, 6.45) is 5.26. The summed E-state index contributed by atoms with van der Waals surface area (Å²) < 4.78 is 3.24. The van der Waals surface area contributed by atoms with Crippen molar-refractivity contribution in [2.45, 2.75) is 20.0 Å². The number of pyridine rings is 1. The van der Waals surface area contributed by atoms with Crippen LogP contribution in [0.1, 0.15) is 11.3 Å². The zero-order valence-corrected chi connectivity index (χ0v) is 14.2. The second-order valence-electron chi connectivity index (χ2n) is 6.18. The predicted octanol–water partition coefficient (Wildman–Crippen LogP) is 1.67. The fourth-order valence-electron chi connectivity index (χ4n) is 2.86. The van der Waals surface area contributed by atoms with Crippen molar-refractivity contribution < 1.29 is 4.79 Å². The number of nitrogens with zero attached hydrogens (tertiary/aromatic N) is 4. The van der Waals surface area contributed by atoms with Gasteiger partial charge in [0.15, 0.2) is 0 Å². The highest BCUT2D eigenvalue weighted by atomic mass is 16.2. The Morgan fingerprint density at radius 2 is 2.00 bits per heavy atom. The van der Waals surface area contributed by atoms with E-state index in [-0.39, 0.29) is 18.0 Å². The molecule has 1 aromatic carbocycles. The predicted molar refractivity (Wildman–Crippen MR) is 97.8 cm³/mol. The first-order valence-corrected chi connectivity index (χ1v) is 8.25. The van der Waals surface area contributed by atoms with Crippen molar-refractivity contribution in [1.29, 1.82) is 0 Å². The van der Waals surface area contributed by atoms with Gasteiger partial charge in [0.2, 0.25) is 5.91 Å². The number of aryl methyl sites for hydroxylation is 1. The van der Waals surface area contributed by atoms with Gasteiger partial charge in [-0.05, 0) is 30.7 Å². The number of fused-ring (bicyclic) bond motifs is 2. The highest BCUT2D eigenvalue weighted by molar-refractivity contribution is 5.78. The van der Waals surface area contributed by atoms with Gasteiger partial charge < -0.3 is 9.72 Å². The van der Waals surface area contributed by atoms with Crippen molar-refractivity contribution in [2.24, 2.45) is 0 Å². The summed E-state index contributed by atoms with van der Waals surface area (Å²) in [5.74, 6) is -0.266. The highest BCUT2D eigenvalue weighted by Crippen LogP contribution is 2.07. The van der Waals surface area contributed by atoms with Gasteiger partial charge in [-0.2, -0.15) is 0 Å². The van der Waals surface area contributed by atoms with E-state index < -0.39 is 0 Å². The quantitative estimate of drug-likeness (QED) is 0.609. The zero-order chi connectivity index (χ0) is 18.1. The molecule has 0 unspecified atom stereocenters. The van der Waals surface area contributed by atoms with Crippen LogP contribution in [-0.4, -0.2) is 24.8 Å². The lowest BCUT2D eigenvalue weighted by Gasteiger charge is -2.07. The SMILES string of the molecule is Cc1ccc2nc(CNC(=O)Cn3cnc4ccccc4c3=O)cn2c1. The molecule has 0 aliphatic heterocycles. The zero-order valence-electron chi connectivity index (χ0n) is 14.2. The average Bonchev–Trinajstić information content (AvgIpc) is 3.04. The van der Waals surface area contributed by atoms with Crippen LogP contribution in [0.15, 0.2) is 59.9 Å². The minimum atomic E-state index is -0.266. The standard InChI is InChI=1S/C19H17N5O2/c1-13-6-7-17-22-14(10-23(17)9-13)8-20-18(25)11-24-12-21-16-5-3-2-4-15(16)19(24)26/h2-7,9-10,12H,8,11H2,1H3,(H,20,25). The summed E-state index contributed by atoms with van der Waals surface area (Å²) in [6.45, 7) is 2.23. The Kier molecular flexibility index (Phi) is 3.96. The van der Waals surface area contributed by atoms with E-state index in [1.165, 1.54) is 10.9 Å². The molecule has 0 radical (unpaired) electrons. The lowest BCUT2D eigenvalue weighted by atomic mass is 10.2. The van der Waals surface area contributed by atoms with Crippen LogP contribution in [-0.2, 0) is 17.9 Å². The largest absolute Gasteiger partial charge is 0.349 e. The molecule has 0 bridgehead atoms. The molecule has 7 nitrogen and oxygen atoms in total. The number of aromatic nitrogens is 4. The van der Waals surface area contributed by atoms with E-state index in [0.29, 0.717) is 17.4 Å². The van der Waals surface area contributed by atoms with Gasteiger partial charge in [0.25, 0.3) is 5.56 Å². The number of amides is 1. The van der Waals surface area contributed by atoms with Crippen LogP contribution < -0.4 is 10.9 Å². The lowest BCUT2D eigenvalue weighted by molar-refractivity contribution is -0.121. The molecule has 1 amide bonds. The molecule has 1 N–H and O–H groups in total. The molecular formula is C19H17N5O2. The Balaban J connectivity index is 1.47. The second kappa shape index (κ2) is 6.44. The Bertz CT molecular complexity index is 1180. The topological polar surface area (TPSA) is 81.3 Å². The number of benzene rings is 1. The highest BCUT2D eigenvalue weighted by Gasteiger charge is 2.09. The van der Waals surface area contributed by atoms with Crippen LogP contribution in [0.25, 0.3) is 16.6 Å². The van der Waals surface area contributed by atoms with Crippen LogP contribution in [0, 0.1) is 6.92 Å². The summed E-state index contributed by atoms with van der Waals surface area (Å²) >= 11 is 0. The van der Waals surface area contributed by atoms with Crippen molar-refractivity contribution >= 4 is 22.5 Å². The molecular weight excluding hydrogens is 330 g/mol. The maximum Gasteiger partial charge on any atom is 0.261 e. The number of hydrogen-bond acceptors (Lipinski definition) is 4. The van der Waals surface area contributed by atoms with E-state index in [0.717, 1.165) is 16.9 Å². The first kappa shape index (κ1) is 16.0. The van der Waals surface area contributed by atoms with Crippen LogP contribution in [0.5, 0.6) is 0 Å². The van der Waals surface area contributed by atoms with Gasteiger partial charge in [0.1, 0.15) is 12.2 Å². The summed E-state index contributed by atoms with van der Waals surface area (Å²) in [4.78, 5) is 33.3. The molecule has 0 spiro atoms. The third-order valence-corrected chi connectivity index (χ3v) is 4.16. The molecule has 4 aromatic rings. The summed E-state index contributed by atoms with van der Waals surface area (Å²) in [5, 5.41) is 3.29. The molecule has 4 rings (SSSR count). The van der Waals surface area contributed by atoms with Gasteiger partial charge in [0.05, 0.1) is 29.5 Å². The van der Waals surface area contributed by atoms with E-state index >= 15 is 0 Å². The normalized spacial score (nSPS) is 11.1. The van der Waals surface area contributed by atoms with Gasteiger partial charge in [-0.15, -0.1) is 0 Å². The Hall–Kier alpha value is -3.48. The van der Waals surface area contributed by atoms with Gasteiger partial charge in [0, 0.05) is 12.4 Å². The van der Waals surface area contributed by atoms with E-state index in [1.54, 1.807) is 18.2 Å². The Labute approximate surface area is 148 Å². The Morgan fingerprint density at radius 1 is 1.15 bits per heavy atom. The van der Waals surface area contributed by atoms with Crippen molar-refractivity contribution in [3.05, 3.63) is 76.7 Å². The molecule has 0 aliphatic rings. The first-order valence-electron chi connectivity index (χ1n) is 8.25. The van der Waals surface area contributed by atoms with Crippen LogP contribution in [0.3, 0.4) is 0 Å². The van der Waals surface area contributed by atoms with Crippen molar-refractivity contribution in [1.82, 2.24) is 24.3 Å². The smallest absolute Gasteiger partial charge is 0.261 e. The van der Waals surface area contributed by atoms with Crippen molar-refractivity contribution in [3.63, 3.8) is 0 Å². The number of rotatable bonds is 4. The van der Waals surface area contributed by atoms with E-state index in [1.807, 2.05) is 41.9 Å². The molecule has 7 heteroatoms. The number of imidazole rings is 1. The van der Waals surface area contributed by atoms with Gasteiger partial charge in [-0.3, -0.25) is 14.2 Å². The summed E-state index contributed by atoms with van der Waals surface area (Å²) in [5.41, 5.74) is 3.11. The monoisotopic (exact) mass is 347 g/mol. The molecule has 0 aliphatic carbocycles. The molecule has 130 valence electrons. The van der Waals surface area contributed by atoms with Crippen LogP contribution >= 0.6 is 0 Å². The van der Waals surface area contributed by atoms with Gasteiger partial charge >= 0.3 is 0 Å². The maximum absolute atomic E-state index is 12.4. The fraction of sp³-hybridized carbons (Fsp3) is 0.158. The molecule has 0 saturated carbocycles. The Morgan fingerprint density at radius 3 is 2.88 bits per heavy atom. The summed E-state index contributed by atoms with van der Waals surface area (Å²) in [7, 11) is 0. The number of carbonyl (C=O) groups excluding carboxylic acids is 1. The van der Waals surface area contributed by atoms with Crippen molar-refractivity contribution in [3.8, 4) is 0 Å². The molecule has 3 aromatic heterocycles.